The molecule has 0 aliphatic heterocycles. The van der Waals surface area contributed by atoms with Crippen molar-refractivity contribution in [1.82, 2.24) is 30.2 Å². The zero-order valence-corrected chi connectivity index (χ0v) is 20.2. The van der Waals surface area contributed by atoms with Gasteiger partial charge in [-0.25, -0.2) is 19.4 Å². The molecular weight excluding hydrogens is 450 g/mol. The number of nitrogen functional groups attached to an aromatic ring is 1. The molecule has 0 fully saturated rings. The molecule has 3 aromatic heterocycles. The maximum absolute atomic E-state index is 11.8. The fraction of sp³-hybridized carbons (Fsp3) is 0.375. The minimum atomic E-state index is -0.544. The van der Waals surface area contributed by atoms with Crippen LogP contribution in [0.25, 0.3) is 33.8 Å². The van der Waals surface area contributed by atoms with Crippen molar-refractivity contribution in [3.63, 3.8) is 0 Å². The van der Waals surface area contributed by atoms with Crippen LogP contribution in [0.2, 0.25) is 0 Å². The molecule has 1 amide bonds. The van der Waals surface area contributed by atoms with Gasteiger partial charge in [0.1, 0.15) is 16.6 Å². The molecule has 0 unspecified atom stereocenters. The highest BCUT2D eigenvalue weighted by atomic mass is 16.6. The van der Waals surface area contributed by atoms with Crippen molar-refractivity contribution < 1.29 is 18.9 Å². The van der Waals surface area contributed by atoms with Gasteiger partial charge >= 0.3 is 6.09 Å². The van der Waals surface area contributed by atoms with Crippen LogP contribution in [0.3, 0.4) is 0 Å². The number of ether oxygens (including phenoxy) is 2. The van der Waals surface area contributed by atoms with Crippen molar-refractivity contribution in [3.05, 3.63) is 36.5 Å². The molecule has 3 N–H and O–H groups in total. The van der Waals surface area contributed by atoms with Gasteiger partial charge in [-0.1, -0.05) is 30.3 Å². The normalized spacial score (nSPS) is 11.5. The van der Waals surface area contributed by atoms with E-state index in [9.17, 15) is 4.79 Å². The lowest BCUT2D eigenvalue weighted by Crippen LogP contribution is -2.33. The van der Waals surface area contributed by atoms with E-state index in [1.54, 1.807) is 6.20 Å². The van der Waals surface area contributed by atoms with E-state index in [0.29, 0.717) is 54.6 Å². The van der Waals surface area contributed by atoms with Crippen molar-refractivity contribution in [2.75, 3.05) is 18.9 Å². The van der Waals surface area contributed by atoms with Crippen LogP contribution in [0.1, 0.15) is 34.1 Å². The summed E-state index contributed by atoms with van der Waals surface area (Å²) in [5.41, 5.74) is 8.83. The Morgan fingerprint density at radius 2 is 1.94 bits per heavy atom. The van der Waals surface area contributed by atoms with E-state index in [1.807, 2.05) is 62.6 Å². The van der Waals surface area contributed by atoms with Crippen molar-refractivity contribution >= 4 is 22.9 Å². The third kappa shape index (κ3) is 5.34. The molecule has 3 heterocycles. The molecule has 0 spiro atoms. The fourth-order valence-electron chi connectivity index (χ4n) is 3.62. The molecule has 35 heavy (non-hydrogen) atoms. The lowest BCUT2D eigenvalue weighted by atomic mass is 10.1. The number of hydrogen-bond donors (Lipinski definition) is 2. The number of anilines is 1. The number of pyridine rings is 1. The molecule has 184 valence electrons. The van der Waals surface area contributed by atoms with Crippen molar-refractivity contribution in [2.45, 2.75) is 46.3 Å². The largest absolute Gasteiger partial charge is 0.490 e. The summed E-state index contributed by atoms with van der Waals surface area (Å²) in [6, 6.07) is 9.79. The molecule has 0 saturated heterocycles. The number of rotatable bonds is 8. The van der Waals surface area contributed by atoms with Gasteiger partial charge in [-0.15, -0.1) is 0 Å². The summed E-state index contributed by atoms with van der Waals surface area (Å²) >= 11 is 0. The van der Waals surface area contributed by atoms with Gasteiger partial charge < -0.3 is 25.1 Å². The van der Waals surface area contributed by atoms with Crippen LogP contribution < -0.4 is 15.8 Å². The molecule has 11 nitrogen and oxygen atoms in total. The van der Waals surface area contributed by atoms with Crippen molar-refractivity contribution in [3.8, 4) is 28.5 Å². The Morgan fingerprint density at radius 1 is 1.17 bits per heavy atom. The van der Waals surface area contributed by atoms with Gasteiger partial charge in [0.2, 0.25) is 0 Å². The number of imidazole rings is 1. The van der Waals surface area contributed by atoms with Crippen molar-refractivity contribution in [2.24, 2.45) is 0 Å². The van der Waals surface area contributed by atoms with E-state index >= 15 is 0 Å². The second-order valence-electron chi connectivity index (χ2n) is 8.84. The Balaban J connectivity index is 1.62. The molecule has 4 rings (SSSR count). The highest BCUT2D eigenvalue weighted by Gasteiger charge is 2.24. The van der Waals surface area contributed by atoms with E-state index in [0.717, 1.165) is 11.1 Å². The molecule has 0 bridgehead atoms. The number of fused-ring (bicyclic) bond motifs is 1. The predicted octanol–water partition coefficient (Wildman–Crippen LogP) is 4.04. The third-order valence-corrected chi connectivity index (χ3v) is 5.07. The molecule has 1 aromatic carbocycles. The minimum absolute atomic E-state index is 0.153. The number of carbonyl (C=O) groups is 1. The van der Waals surface area contributed by atoms with Crippen LogP contribution in [-0.2, 0) is 11.3 Å². The van der Waals surface area contributed by atoms with Gasteiger partial charge in [-0.2, -0.15) is 0 Å². The first-order valence-electron chi connectivity index (χ1n) is 11.4. The number of aromatic nitrogens is 5. The second-order valence-corrected chi connectivity index (χ2v) is 8.84. The molecule has 0 radical (unpaired) electrons. The summed E-state index contributed by atoms with van der Waals surface area (Å²) in [5, 5.41) is 10.4. The summed E-state index contributed by atoms with van der Waals surface area (Å²) < 4.78 is 18.1. The number of benzene rings is 1. The summed E-state index contributed by atoms with van der Waals surface area (Å²) in [4.78, 5) is 21.3. The highest BCUT2D eigenvalue weighted by Crippen LogP contribution is 2.36. The molecular formula is C24H29N7O4. The zero-order chi connectivity index (χ0) is 25.0. The smallest absolute Gasteiger partial charge is 0.407 e. The second kappa shape index (κ2) is 10.00. The maximum Gasteiger partial charge on any atom is 0.407 e. The standard InChI is InChI=1S/C24H29N7O4/c1-5-31-20-16(33-13-9-12-26-23(32)34-24(2,3)4)14-27-17(15-10-7-6-8-11-15)18(20)28-22(31)19-21(25)30-35-29-19/h6-8,10-11,14H,5,9,12-13H2,1-4H3,(H2,25,30)(H,26,32). The molecule has 4 aromatic rings. The van der Waals surface area contributed by atoms with Gasteiger partial charge in [0.05, 0.1) is 18.5 Å². The molecule has 0 atom stereocenters. The Hall–Kier alpha value is -4.15. The van der Waals surface area contributed by atoms with Crippen LogP contribution >= 0.6 is 0 Å². The number of nitrogens with two attached hydrogens (primary N) is 1. The zero-order valence-electron chi connectivity index (χ0n) is 20.2. The van der Waals surface area contributed by atoms with Crippen LogP contribution in [-0.4, -0.2) is 49.7 Å². The Kier molecular flexibility index (Phi) is 6.85. The predicted molar refractivity (Wildman–Crippen MR) is 131 cm³/mol. The average molecular weight is 480 g/mol. The number of carbonyl (C=O) groups excluding carboxylic acids is 1. The van der Waals surface area contributed by atoms with Gasteiger partial charge in [0, 0.05) is 18.7 Å². The van der Waals surface area contributed by atoms with Crippen LogP contribution in [0, 0.1) is 0 Å². The van der Waals surface area contributed by atoms with Gasteiger partial charge in [-0.05, 0) is 44.4 Å². The van der Waals surface area contributed by atoms with Crippen LogP contribution in [0.5, 0.6) is 5.75 Å². The number of hydrogen-bond acceptors (Lipinski definition) is 9. The first-order chi connectivity index (χ1) is 16.8. The van der Waals surface area contributed by atoms with Crippen molar-refractivity contribution in [1.29, 1.82) is 0 Å². The topological polar surface area (TPSA) is 143 Å². The van der Waals surface area contributed by atoms with Crippen LogP contribution in [0.4, 0.5) is 10.6 Å². The first-order valence-corrected chi connectivity index (χ1v) is 11.4. The van der Waals surface area contributed by atoms with E-state index in [1.165, 1.54) is 0 Å². The Morgan fingerprint density at radius 3 is 2.60 bits per heavy atom. The highest BCUT2D eigenvalue weighted by molar-refractivity contribution is 5.95. The minimum Gasteiger partial charge on any atom is -0.490 e. The first kappa shape index (κ1) is 24.0. The quantitative estimate of drug-likeness (QED) is 0.358. The van der Waals surface area contributed by atoms with E-state index in [-0.39, 0.29) is 5.82 Å². The van der Waals surface area contributed by atoms with Gasteiger partial charge in [-0.3, -0.25) is 0 Å². The molecule has 0 saturated carbocycles. The Bertz CT molecular complexity index is 1310. The fourth-order valence-corrected chi connectivity index (χ4v) is 3.62. The number of alkyl carbamates (subject to hydrolysis) is 1. The molecule has 11 heteroatoms. The summed E-state index contributed by atoms with van der Waals surface area (Å²) in [6.45, 7) is 8.79. The SMILES string of the molecule is CCn1c(-c2nonc2N)nc2c(-c3ccccc3)ncc(OCCCNC(=O)OC(C)(C)C)c21. The summed E-state index contributed by atoms with van der Waals surface area (Å²) in [5.74, 6) is 1.23. The van der Waals surface area contributed by atoms with E-state index in [2.05, 4.69) is 20.6 Å². The van der Waals surface area contributed by atoms with Gasteiger partial charge in [0.25, 0.3) is 0 Å². The summed E-state index contributed by atoms with van der Waals surface area (Å²) in [7, 11) is 0. The number of nitrogens with zero attached hydrogens (tertiary/aromatic N) is 5. The lowest BCUT2D eigenvalue weighted by Gasteiger charge is -2.19. The average Bonchev–Trinajstić information content (AvgIpc) is 3.41. The van der Waals surface area contributed by atoms with E-state index < -0.39 is 11.7 Å². The lowest BCUT2D eigenvalue weighted by molar-refractivity contribution is 0.0525. The van der Waals surface area contributed by atoms with Crippen LogP contribution in [0.15, 0.2) is 41.2 Å². The monoisotopic (exact) mass is 479 g/mol. The molecule has 0 aliphatic carbocycles. The van der Waals surface area contributed by atoms with Gasteiger partial charge in [0.15, 0.2) is 23.1 Å². The third-order valence-electron chi connectivity index (χ3n) is 5.07. The molecule has 0 aliphatic rings. The number of nitrogens with one attached hydrogen (secondary N) is 1. The Labute approximate surface area is 202 Å². The number of aryl methyl sites for hydroxylation is 1. The van der Waals surface area contributed by atoms with E-state index in [4.69, 9.17) is 24.8 Å². The summed E-state index contributed by atoms with van der Waals surface area (Å²) in [6.07, 6.45) is 1.81. The number of amides is 1. The maximum atomic E-state index is 11.8.